The molecule has 0 bridgehead atoms. The maximum atomic E-state index is 12.2. The third kappa shape index (κ3) is 2.65. The van der Waals surface area contributed by atoms with Crippen molar-refractivity contribution in [1.29, 1.82) is 0 Å². The number of aromatic amines is 1. The molecule has 19 heavy (non-hydrogen) atoms. The van der Waals surface area contributed by atoms with Crippen LogP contribution in [0.2, 0.25) is 0 Å². The van der Waals surface area contributed by atoms with Gasteiger partial charge in [-0.1, -0.05) is 20.3 Å². The number of rotatable bonds is 5. The van der Waals surface area contributed by atoms with Gasteiger partial charge in [-0.05, 0) is 12.0 Å². The summed E-state index contributed by atoms with van der Waals surface area (Å²) in [5.74, 6) is 0.345. The number of hydrogen-bond acceptors (Lipinski definition) is 3. The Kier molecular flexibility index (Phi) is 3.64. The number of aromatic nitrogens is 1. The van der Waals surface area contributed by atoms with E-state index in [0.717, 1.165) is 11.9 Å². The summed E-state index contributed by atoms with van der Waals surface area (Å²) in [5, 5.41) is 11.4. The first-order chi connectivity index (χ1) is 9.02. The van der Waals surface area contributed by atoms with E-state index in [2.05, 4.69) is 4.98 Å². The monoisotopic (exact) mass is 260 g/mol. The minimum Gasteiger partial charge on any atom is -0.360 e. The van der Waals surface area contributed by atoms with Crippen molar-refractivity contribution in [3.05, 3.63) is 40.1 Å². The molecular weight excluding hydrogens is 244 g/mol. The van der Waals surface area contributed by atoms with Crippen LogP contribution in [0.15, 0.2) is 24.4 Å². The number of nitro benzene ring substituents is 1. The molecule has 0 aliphatic heterocycles. The van der Waals surface area contributed by atoms with Crippen molar-refractivity contribution in [3.63, 3.8) is 0 Å². The zero-order chi connectivity index (χ0) is 14.0. The van der Waals surface area contributed by atoms with Gasteiger partial charge in [-0.15, -0.1) is 0 Å². The van der Waals surface area contributed by atoms with Gasteiger partial charge in [-0.25, -0.2) is 0 Å². The third-order valence-electron chi connectivity index (χ3n) is 3.41. The number of benzene rings is 1. The second-order valence-electron chi connectivity index (χ2n) is 4.83. The average molecular weight is 260 g/mol. The molecule has 1 atom stereocenters. The molecule has 1 N–H and O–H groups in total. The summed E-state index contributed by atoms with van der Waals surface area (Å²) in [6.45, 7) is 4.06. The molecule has 0 saturated heterocycles. The largest absolute Gasteiger partial charge is 0.360 e. The number of H-pyrrole nitrogens is 1. The van der Waals surface area contributed by atoms with Crippen molar-refractivity contribution in [1.82, 2.24) is 4.98 Å². The topological polar surface area (TPSA) is 76.0 Å². The van der Waals surface area contributed by atoms with E-state index in [9.17, 15) is 14.9 Å². The zero-order valence-electron chi connectivity index (χ0n) is 11.0. The zero-order valence-corrected chi connectivity index (χ0v) is 11.0. The summed E-state index contributed by atoms with van der Waals surface area (Å²) in [4.78, 5) is 25.5. The fourth-order valence-electron chi connectivity index (χ4n) is 2.02. The van der Waals surface area contributed by atoms with E-state index in [0.29, 0.717) is 23.3 Å². The van der Waals surface area contributed by atoms with Crippen LogP contribution in [-0.4, -0.2) is 15.7 Å². The molecule has 1 aromatic carbocycles. The van der Waals surface area contributed by atoms with Crippen molar-refractivity contribution < 1.29 is 9.72 Å². The van der Waals surface area contributed by atoms with Gasteiger partial charge < -0.3 is 4.98 Å². The predicted molar refractivity (Wildman–Crippen MR) is 73.4 cm³/mol. The Labute approximate surface area is 110 Å². The van der Waals surface area contributed by atoms with Gasteiger partial charge >= 0.3 is 0 Å². The highest BCUT2D eigenvalue weighted by Crippen LogP contribution is 2.25. The number of non-ortho nitro benzene ring substituents is 1. The highest BCUT2D eigenvalue weighted by Gasteiger charge is 2.16. The van der Waals surface area contributed by atoms with Gasteiger partial charge in [0.15, 0.2) is 5.78 Å². The van der Waals surface area contributed by atoms with Crippen molar-refractivity contribution in [3.8, 4) is 0 Å². The molecule has 1 unspecified atom stereocenters. The van der Waals surface area contributed by atoms with Crippen LogP contribution in [0.5, 0.6) is 0 Å². The molecule has 100 valence electrons. The van der Waals surface area contributed by atoms with E-state index in [1.165, 1.54) is 12.1 Å². The predicted octanol–water partition coefficient (Wildman–Crippen LogP) is 3.70. The van der Waals surface area contributed by atoms with Gasteiger partial charge in [-0.3, -0.25) is 14.9 Å². The number of nitrogens with zero attached hydrogens (tertiary/aromatic N) is 1. The molecule has 0 spiro atoms. The van der Waals surface area contributed by atoms with Crippen molar-refractivity contribution >= 4 is 22.4 Å². The molecule has 0 fully saturated rings. The first-order valence-corrected chi connectivity index (χ1v) is 6.31. The second-order valence-corrected chi connectivity index (χ2v) is 4.83. The Morgan fingerprint density at radius 2 is 2.21 bits per heavy atom. The van der Waals surface area contributed by atoms with Crippen LogP contribution >= 0.6 is 0 Å². The number of fused-ring (bicyclic) bond motifs is 1. The van der Waals surface area contributed by atoms with Gasteiger partial charge in [-0.2, -0.15) is 0 Å². The van der Waals surface area contributed by atoms with Gasteiger partial charge in [0.1, 0.15) is 0 Å². The van der Waals surface area contributed by atoms with Gasteiger partial charge in [0, 0.05) is 41.2 Å². The van der Waals surface area contributed by atoms with E-state index in [4.69, 9.17) is 0 Å². The van der Waals surface area contributed by atoms with Gasteiger partial charge in [0.05, 0.1) is 4.92 Å². The molecule has 2 rings (SSSR count). The normalized spacial score (nSPS) is 12.5. The lowest BCUT2D eigenvalue weighted by Crippen LogP contribution is -2.04. The fourth-order valence-corrected chi connectivity index (χ4v) is 2.02. The molecule has 0 radical (unpaired) electrons. The lowest BCUT2D eigenvalue weighted by molar-refractivity contribution is -0.384. The summed E-state index contributed by atoms with van der Waals surface area (Å²) in [5.41, 5.74) is 1.29. The van der Waals surface area contributed by atoms with Crippen LogP contribution in [0.25, 0.3) is 10.9 Å². The van der Waals surface area contributed by atoms with Crippen LogP contribution in [0.1, 0.15) is 37.0 Å². The number of carbonyl (C=O) groups excluding carboxylic acids is 1. The van der Waals surface area contributed by atoms with Crippen molar-refractivity contribution in [2.45, 2.75) is 26.7 Å². The van der Waals surface area contributed by atoms with E-state index in [-0.39, 0.29) is 11.5 Å². The summed E-state index contributed by atoms with van der Waals surface area (Å²) >= 11 is 0. The minimum absolute atomic E-state index is 0.00434. The summed E-state index contributed by atoms with van der Waals surface area (Å²) in [7, 11) is 0. The van der Waals surface area contributed by atoms with Crippen molar-refractivity contribution in [2.24, 2.45) is 5.92 Å². The number of ketones is 1. The van der Waals surface area contributed by atoms with Crippen LogP contribution in [0, 0.1) is 16.0 Å². The Hall–Kier alpha value is -2.17. The Bertz CT molecular complexity index is 631. The highest BCUT2D eigenvalue weighted by atomic mass is 16.6. The molecular formula is C14H16N2O3. The van der Waals surface area contributed by atoms with Gasteiger partial charge in [0.25, 0.3) is 5.69 Å². The minimum atomic E-state index is -0.449. The first-order valence-electron chi connectivity index (χ1n) is 6.31. The molecule has 5 heteroatoms. The fraction of sp³-hybridized carbons (Fsp3) is 0.357. The van der Waals surface area contributed by atoms with Crippen LogP contribution in [-0.2, 0) is 0 Å². The van der Waals surface area contributed by atoms with E-state index < -0.39 is 4.92 Å². The maximum absolute atomic E-state index is 12.2. The van der Waals surface area contributed by atoms with Crippen molar-refractivity contribution in [2.75, 3.05) is 0 Å². The molecule has 5 nitrogen and oxygen atoms in total. The van der Waals surface area contributed by atoms with E-state index >= 15 is 0 Å². The molecule has 0 amide bonds. The lowest BCUT2D eigenvalue weighted by Gasteiger charge is -2.06. The maximum Gasteiger partial charge on any atom is 0.270 e. The second kappa shape index (κ2) is 5.22. The molecule has 2 aromatic rings. The molecule has 1 heterocycles. The third-order valence-corrected chi connectivity index (χ3v) is 3.41. The molecule has 0 saturated carbocycles. The summed E-state index contributed by atoms with van der Waals surface area (Å²) in [6.07, 6.45) is 3.04. The Morgan fingerprint density at radius 1 is 1.47 bits per heavy atom. The first kappa shape index (κ1) is 13.3. The molecule has 0 aliphatic rings. The number of carbonyl (C=O) groups is 1. The molecule has 0 aliphatic carbocycles. The van der Waals surface area contributed by atoms with E-state index in [1.54, 1.807) is 12.3 Å². The average Bonchev–Trinajstić information content (AvgIpc) is 2.81. The number of nitro groups is 1. The summed E-state index contributed by atoms with van der Waals surface area (Å²) < 4.78 is 0. The summed E-state index contributed by atoms with van der Waals surface area (Å²) in [6, 6.07) is 4.52. The van der Waals surface area contributed by atoms with E-state index in [1.807, 2.05) is 13.8 Å². The Balaban J connectivity index is 2.40. The highest BCUT2D eigenvalue weighted by molar-refractivity contribution is 6.08. The Morgan fingerprint density at radius 3 is 2.84 bits per heavy atom. The van der Waals surface area contributed by atoms with Crippen LogP contribution in [0.3, 0.4) is 0 Å². The smallest absolute Gasteiger partial charge is 0.270 e. The molecule has 1 aromatic heterocycles. The van der Waals surface area contributed by atoms with Crippen LogP contribution < -0.4 is 0 Å². The quantitative estimate of drug-likeness (QED) is 0.506. The number of nitrogens with one attached hydrogen (secondary N) is 1. The number of Topliss-reactive ketones (excluding diaryl/α,β-unsaturated/α-hetero) is 1. The SMILES string of the molecule is CCC(C)CC(=O)c1c[nH]c2ccc([N+](=O)[O-])cc12. The van der Waals surface area contributed by atoms with Crippen LogP contribution in [0.4, 0.5) is 5.69 Å². The van der Waals surface area contributed by atoms with Gasteiger partial charge in [0.2, 0.25) is 0 Å². The number of hydrogen-bond donors (Lipinski definition) is 1. The lowest BCUT2D eigenvalue weighted by atomic mass is 9.97. The standard InChI is InChI=1S/C14H16N2O3/c1-3-9(2)6-14(17)12-8-15-13-5-4-10(16(18)19)7-11(12)13/h4-5,7-9,15H,3,6H2,1-2H3.